The summed E-state index contributed by atoms with van der Waals surface area (Å²) in [4.78, 5) is 20.1. The van der Waals surface area contributed by atoms with E-state index in [9.17, 15) is 4.79 Å². The topological polar surface area (TPSA) is 81.1 Å². The molecule has 4 aromatic rings. The van der Waals surface area contributed by atoms with E-state index in [1.54, 1.807) is 0 Å². The zero-order valence-electron chi connectivity index (χ0n) is 18.9. The third kappa shape index (κ3) is 3.24. The van der Waals surface area contributed by atoms with Crippen molar-refractivity contribution >= 4 is 33.5 Å². The lowest BCUT2D eigenvalue weighted by Crippen LogP contribution is -2.45. The van der Waals surface area contributed by atoms with Gasteiger partial charge in [0, 0.05) is 56.2 Å². The fourth-order valence-electron chi connectivity index (χ4n) is 5.01. The lowest BCUT2D eigenvalue weighted by molar-refractivity contribution is 0.0709. The van der Waals surface area contributed by atoms with Crippen LogP contribution in [0.2, 0.25) is 0 Å². The van der Waals surface area contributed by atoms with Gasteiger partial charge < -0.3 is 25.1 Å². The number of aromatic nitrogens is 3. The first-order chi connectivity index (χ1) is 15.5. The standard InChI is InChI=1S/C25H30N6O/c1-4-31-21-10-6-5-8-16(21)14-22(31)24-28-20-13-17(12-19(27-2)23(20)29(24)3)25(32)30-11-7-9-18(26)15-30/h5-6,8,10,12-14,18,27H,4,7,9,11,15,26H2,1-3H3/t18-/m1/s1. The summed E-state index contributed by atoms with van der Waals surface area (Å²) in [5.41, 5.74) is 11.7. The quantitative estimate of drug-likeness (QED) is 0.516. The Morgan fingerprint density at radius 2 is 2.06 bits per heavy atom. The second kappa shape index (κ2) is 7.98. The monoisotopic (exact) mass is 430 g/mol. The van der Waals surface area contributed by atoms with Gasteiger partial charge in [0.15, 0.2) is 5.82 Å². The number of imidazole rings is 1. The Bertz CT molecular complexity index is 1320. The fourth-order valence-corrected chi connectivity index (χ4v) is 5.01. The fraction of sp³-hybridized carbons (Fsp3) is 0.360. The average Bonchev–Trinajstić information content (AvgIpc) is 3.35. The maximum absolute atomic E-state index is 13.2. The largest absolute Gasteiger partial charge is 0.386 e. The Morgan fingerprint density at radius 3 is 2.81 bits per heavy atom. The van der Waals surface area contributed by atoms with Gasteiger partial charge in [-0.1, -0.05) is 18.2 Å². The first-order valence-electron chi connectivity index (χ1n) is 11.3. The normalized spacial score (nSPS) is 16.8. The highest BCUT2D eigenvalue weighted by molar-refractivity contribution is 6.02. The molecule has 1 saturated heterocycles. The molecule has 2 aromatic heterocycles. The summed E-state index contributed by atoms with van der Waals surface area (Å²) in [7, 11) is 3.92. The van der Waals surface area contributed by atoms with E-state index in [1.807, 2.05) is 31.1 Å². The van der Waals surface area contributed by atoms with Crippen LogP contribution in [0.1, 0.15) is 30.1 Å². The van der Waals surface area contributed by atoms with Crippen LogP contribution >= 0.6 is 0 Å². The number of aryl methyl sites for hydroxylation is 2. The molecule has 1 aliphatic heterocycles. The summed E-state index contributed by atoms with van der Waals surface area (Å²) in [6, 6.07) is 14.5. The molecule has 1 amide bonds. The van der Waals surface area contributed by atoms with Crippen LogP contribution in [0.3, 0.4) is 0 Å². The molecule has 7 nitrogen and oxygen atoms in total. The number of nitrogens with one attached hydrogen (secondary N) is 1. The molecule has 1 aliphatic rings. The minimum absolute atomic E-state index is 0.0217. The second-order valence-corrected chi connectivity index (χ2v) is 8.62. The van der Waals surface area contributed by atoms with E-state index in [1.165, 1.54) is 10.9 Å². The Labute approximate surface area is 187 Å². The van der Waals surface area contributed by atoms with Crippen molar-refractivity contribution in [3.63, 3.8) is 0 Å². The number of likely N-dealkylation sites (tertiary alicyclic amines) is 1. The number of nitrogens with zero attached hydrogens (tertiary/aromatic N) is 4. The van der Waals surface area contributed by atoms with Crippen LogP contribution in [0, 0.1) is 0 Å². The minimum Gasteiger partial charge on any atom is -0.386 e. The molecule has 32 heavy (non-hydrogen) atoms. The number of fused-ring (bicyclic) bond motifs is 2. The molecule has 166 valence electrons. The van der Waals surface area contributed by atoms with Gasteiger partial charge in [-0.3, -0.25) is 4.79 Å². The maximum Gasteiger partial charge on any atom is 0.254 e. The number of nitrogens with two attached hydrogens (primary N) is 1. The summed E-state index contributed by atoms with van der Waals surface area (Å²) >= 11 is 0. The first-order valence-corrected chi connectivity index (χ1v) is 11.3. The number of benzene rings is 2. The van der Waals surface area contributed by atoms with Crippen molar-refractivity contribution in [2.75, 3.05) is 25.5 Å². The van der Waals surface area contributed by atoms with Gasteiger partial charge in [-0.05, 0) is 44.0 Å². The summed E-state index contributed by atoms with van der Waals surface area (Å²) in [6.45, 7) is 4.36. The number of hydrogen-bond donors (Lipinski definition) is 2. The van der Waals surface area contributed by atoms with Crippen LogP contribution in [0.25, 0.3) is 33.5 Å². The third-order valence-corrected chi connectivity index (χ3v) is 6.59. The summed E-state index contributed by atoms with van der Waals surface area (Å²) < 4.78 is 4.41. The minimum atomic E-state index is 0.0217. The van der Waals surface area contributed by atoms with Crippen LogP contribution in [0.15, 0.2) is 42.5 Å². The number of carbonyl (C=O) groups is 1. The Balaban J connectivity index is 1.64. The van der Waals surface area contributed by atoms with Crippen LogP contribution in [0.4, 0.5) is 5.69 Å². The van der Waals surface area contributed by atoms with Crippen molar-refractivity contribution in [3.05, 3.63) is 48.0 Å². The number of anilines is 1. The van der Waals surface area contributed by atoms with Crippen molar-refractivity contribution in [3.8, 4) is 11.5 Å². The number of rotatable bonds is 4. The third-order valence-electron chi connectivity index (χ3n) is 6.59. The molecular weight excluding hydrogens is 400 g/mol. The maximum atomic E-state index is 13.2. The lowest BCUT2D eigenvalue weighted by Gasteiger charge is -2.31. The lowest BCUT2D eigenvalue weighted by atomic mass is 10.0. The molecular formula is C25H30N6O. The van der Waals surface area contributed by atoms with E-state index in [0.717, 1.165) is 54.2 Å². The number of amides is 1. The van der Waals surface area contributed by atoms with E-state index < -0.39 is 0 Å². The van der Waals surface area contributed by atoms with E-state index in [0.29, 0.717) is 12.1 Å². The molecule has 1 fully saturated rings. The van der Waals surface area contributed by atoms with Gasteiger partial charge in [0.1, 0.15) is 0 Å². The highest BCUT2D eigenvalue weighted by Gasteiger charge is 2.25. The van der Waals surface area contributed by atoms with E-state index in [4.69, 9.17) is 10.7 Å². The summed E-state index contributed by atoms with van der Waals surface area (Å²) in [6.07, 6.45) is 1.92. The molecule has 3 N–H and O–H groups in total. The molecule has 0 spiro atoms. The molecule has 3 heterocycles. The van der Waals surface area contributed by atoms with Crippen LogP contribution in [-0.4, -0.2) is 51.1 Å². The first kappa shape index (κ1) is 20.6. The van der Waals surface area contributed by atoms with Crippen LogP contribution < -0.4 is 11.1 Å². The van der Waals surface area contributed by atoms with Crippen molar-refractivity contribution in [1.82, 2.24) is 19.0 Å². The van der Waals surface area contributed by atoms with Crippen LogP contribution in [-0.2, 0) is 13.6 Å². The Kier molecular flexibility index (Phi) is 5.13. The van der Waals surface area contributed by atoms with Gasteiger partial charge >= 0.3 is 0 Å². The van der Waals surface area contributed by atoms with Gasteiger partial charge in [0.2, 0.25) is 0 Å². The van der Waals surface area contributed by atoms with Crippen molar-refractivity contribution in [1.29, 1.82) is 0 Å². The molecule has 0 radical (unpaired) electrons. The predicted octanol–water partition coefficient (Wildman–Crippen LogP) is 3.82. The van der Waals surface area contributed by atoms with Gasteiger partial charge in [-0.25, -0.2) is 4.98 Å². The molecule has 0 bridgehead atoms. The van der Waals surface area contributed by atoms with Crippen molar-refractivity contribution < 1.29 is 4.79 Å². The van der Waals surface area contributed by atoms with Gasteiger partial charge in [-0.15, -0.1) is 0 Å². The van der Waals surface area contributed by atoms with E-state index in [-0.39, 0.29) is 11.9 Å². The molecule has 2 aromatic carbocycles. The van der Waals surface area contributed by atoms with E-state index in [2.05, 4.69) is 51.7 Å². The summed E-state index contributed by atoms with van der Waals surface area (Å²) in [5.74, 6) is 0.910. The molecule has 1 atom stereocenters. The number of para-hydroxylation sites is 1. The van der Waals surface area contributed by atoms with Gasteiger partial charge in [-0.2, -0.15) is 0 Å². The molecule has 5 rings (SSSR count). The van der Waals surface area contributed by atoms with Crippen molar-refractivity contribution in [2.24, 2.45) is 12.8 Å². The van der Waals surface area contributed by atoms with E-state index >= 15 is 0 Å². The zero-order valence-corrected chi connectivity index (χ0v) is 18.9. The predicted molar refractivity (Wildman–Crippen MR) is 130 cm³/mol. The van der Waals surface area contributed by atoms with Gasteiger partial charge in [0.25, 0.3) is 5.91 Å². The molecule has 7 heteroatoms. The second-order valence-electron chi connectivity index (χ2n) is 8.62. The average molecular weight is 431 g/mol. The summed E-state index contributed by atoms with van der Waals surface area (Å²) in [5, 5.41) is 4.47. The molecule has 0 unspecified atom stereocenters. The Morgan fingerprint density at radius 1 is 1.25 bits per heavy atom. The van der Waals surface area contributed by atoms with Gasteiger partial charge in [0.05, 0.1) is 22.4 Å². The number of carbonyl (C=O) groups excluding carboxylic acids is 1. The molecule has 0 aliphatic carbocycles. The number of piperidine rings is 1. The zero-order chi connectivity index (χ0) is 22.4. The van der Waals surface area contributed by atoms with Crippen LogP contribution in [0.5, 0.6) is 0 Å². The smallest absolute Gasteiger partial charge is 0.254 e. The highest BCUT2D eigenvalue weighted by Crippen LogP contribution is 2.33. The SMILES string of the molecule is CCn1c(-c2nc3cc(C(=O)N4CCC[C@@H](N)C4)cc(NC)c3n2C)cc2ccccc21. The molecule has 0 saturated carbocycles. The van der Waals surface area contributed by atoms with Crippen molar-refractivity contribution in [2.45, 2.75) is 32.4 Å². The Hall–Kier alpha value is -3.32. The number of hydrogen-bond acceptors (Lipinski definition) is 4. The highest BCUT2D eigenvalue weighted by atomic mass is 16.2.